The molecule has 0 radical (unpaired) electrons. The normalized spacial score (nSPS) is 19.0. The molecule has 1 heterocycles. The molecule has 1 aromatic carbocycles. The highest BCUT2D eigenvalue weighted by Gasteiger charge is 2.18. The fourth-order valence-electron chi connectivity index (χ4n) is 2.25. The molecule has 0 saturated carbocycles. The van der Waals surface area contributed by atoms with Gasteiger partial charge < -0.3 is 20.5 Å². The van der Waals surface area contributed by atoms with Crippen LogP contribution in [0, 0.1) is 0 Å². The maximum absolute atomic E-state index is 10.00. The first kappa shape index (κ1) is 15.9. The largest absolute Gasteiger partial charge is 0.491 e. The Morgan fingerprint density at radius 3 is 2.65 bits per heavy atom. The fraction of sp³-hybridized carbons (Fsp3) is 0.571. The zero-order chi connectivity index (χ0) is 14.5. The highest BCUT2D eigenvalue weighted by molar-refractivity contribution is 6.42. The van der Waals surface area contributed by atoms with Crippen molar-refractivity contribution in [2.75, 3.05) is 26.2 Å². The molecule has 6 heteroatoms. The minimum atomic E-state index is -0.529. The van der Waals surface area contributed by atoms with E-state index < -0.39 is 6.10 Å². The van der Waals surface area contributed by atoms with Crippen LogP contribution in [0.3, 0.4) is 0 Å². The zero-order valence-corrected chi connectivity index (χ0v) is 12.8. The molecule has 2 rings (SSSR count). The molecule has 1 saturated heterocycles. The van der Waals surface area contributed by atoms with Crippen molar-refractivity contribution in [3.63, 3.8) is 0 Å². The van der Waals surface area contributed by atoms with Gasteiger partial charge in [-0.25, -0.2) is 0 Å². The van der Waals surface area contributed by atoms with Crippen LogP contribution in [0.15, 0.2) is 18.2 Å². The number of hydrogen-bond donors (Lipinski definition) is 2. The van der Waals surface area contributed by atoms with Gasteiger partial charge in [0.1, 0.15) is 18.5 Å². The van der Waals surface area contributed by atoms with Crippen molar-refractivity contribution < 1.29 is 9.84 Å². The van der Waals surface area contributed by atoms with Crippen LogP contribution >= 0.6 is 23.2 Å². The Labute approximate surface area is 129 Å². The lowest BCUT2D eigenvalue weighted by Gasteiger charge is -2.31. The van der Waals surface area contributed by atoms with Gasteiger partial charge in [-0.15, -0.1) is 0 Å². The molecule has 4 nitrogen and oxygen atoms in total. The predicted octanol–water partition coefficient (Wildman–Crippen LogP) is 2.16. The molecule has 0 bridgehead atoms. The lowest BCUT2D eigenvalue weighted by Crippen LogP contribution is -2.44. The number of benzene rings is 1. The number of halogens is 2. The van der Waals surface area contributed by atoms with Crippen LogP contribution in [0.25, 0.3) is 0 Å². The average molecular weight is 319 g/mol. The molecule has 0 amide bonds. The zero-order valence-electron chi connectivity index (χ0n) is 11.3. The van der Waals surface area contributed by atoms with Crippen molar-refractivity contribution in [1.82, 2.24) is 4.90 Å². The smallest absolute Gasteiger partial charge is 0.121 e. The second-order valence-electron chi connectivity index (χ2n) is 5.18. The minimum absolute atomic E-state index is 0.237. The van der Waals surface area contributed by atoms with Crippen LogP contribution in [0.1, 0.15) is 12.8 Å². The number of likely N-dealkylation sites (tertiary alicyclic amines) is 1. The first-order valence-corrected chi connectivity index (χ1v) is 7.54. The van der Waals surface area contributed by atoms with Crippen LogP contribution in [0.2, 0.25) is 10.0 Å². The molecule has 0 aromatic heterocycles. The summed E-state index contributed by atoms with van der Waals surface area (Å²) in [6.45, 7) is 2.71. The number of ether oxygens (including phenoxy) is 1. The highest BCUT2D eigenvalue weighted by atomic mass is 35.5. The summed E-state index contributed by atoms with van der Waals surface area (Å²) in [5.41, 5.74) is 5.85. The summed E-state index contributed by atoms with van der Waals surface area (Å²) >= 11 is 11.7. The number of nitrogens with two attached hydrogens (primary N) is 1. The molecule has 112 valence electrons. The number of rotatable bonds is 5. The molecule has 0 spiro atoms. The second-order valence-corrected chi connectivity index (χ2v) is 5.99. The molecule has 1 aliphatic rings. The summed E-state index contributed by atoms with van der Waals surface area (Å²) in [5.74, 6) is 0.610. The van der Waals surface area contributed by atoms with Crippen molar-refractivity contribution in [2.45, 2.75) is 25.0 Å². The number of hydrogen-bond acceptors (Lipinski definition) is 4. The van der Waals surface area contributed by atoms with Gasteiger partial charge in [0.05, 0.1) is 10.0 Å². The Kier molecular flexibility index (Phi) is 5.93. The van der Waals surface area contributed by atoms with E-state index in [4.69, 9.17) is 33.7 Å². The van der Waals surface area contributed by atoms with E-state index in [1.165, 1.54) is 0 Å². The van der Waals surface area contributed by atoms with E-state index in [-0.39, 0.29) is 6.61 Å². The first-order valence-electron chi connectivity index (χ1n) is 6.78. The van der Waals surface area contributed by atoms with Crippen molar-refractivity contribution in [3.05, 3.63) is 28.2 Å². The molecule has 1 atom stereocenters. The summed E-state index contributed by atoms with van der Waals surface area (Å²) in [4.78, 5) is 2.21. The number of piperidine rings is 1. The van der Waals surface area contributed by atoms with Gasteiger partial charge >= 0.3 is 0 Å². The van der Waals surface area contributed by atoms with Gasteiger partial charge in [-0.1, -0.05) is 23.2 Å². The maximum Gasteiger partial charge on any atom is 0.121 e. The van der Waals surface area contributed by atoms with Gasteiger partial charge in [0.2, 0.25) is 0 Å². The molecular weight excluding hydrogens is 299 g/mol. The summed E-state index contributed by atoms with van der Waals surface area (Å²) in [5, 5.41) is 10.9. The molecule has 1 aliphatic heterocycles. The van der Waals surface area contributed by atoms with Crippen molar-refractivity contribution in [2.24, 2.45) is 5.73 Å². The second kappa shape index (κ2) is 7.48. The Morgan fingerprint density at radius 1 is 1.30 bits per heavy atom. The third-order valence-electron chi connectivity index (χ3n) is 3.43. The Bertz CT molecular complexity index is 437. The summed E-state index contributed by atoms with van der Waals surface area (Å²) in [7, 11) is 0. The Balaban J connectivity index is 1.74. The lowest BCUT2D eigenvalue weighted by molar-refractivity contribution is 0.0597. The van der Waals surface area contributed by atoms with Crippen LogP contribution in [-0.2, 0) is 0 Å². The van der Waals surface area contributed by atoms with Crippen molar-refractivity contribution in [1.29, 1.82) is 0 Å². The molecule has 1 aromatic rings. The molecule has 20 heavy (non-hydrogen) atoms. The van der Waals surface area contributed by atoms with Crippen LogP contribution < -0.4 is 10.5 Å². The fourth-order valence-corrected chi connectivity index (χ4v) is 2.53. The third-order valence-corrected chi connectivity index (χ3v) is 4.17. The van der Waals surface area contributed by atoms with Gasteiger partial charge in [-0.2, -0.15) is 0 Å². The lowest BCUT2D eigenvalue weighted by atomic mass is 10.1. The number of aliphatic hydroxyl groups is 1. The summed E-state index contributed by atoms with van der Waals surface area (Å²) in [6.07, 6.45) is 1.44. The van der Waals surface area contributed by atoms with Gasteiger partial charge in [0, 0.05) is 18.7 Å². The predicted molar refractivity (Wildman–Crippen MR) is 81.6 cm³/mol. The van der Waals surface area contributed by atoms with E-state index in [0.717, 1.165) is 25.9 Å². The van der Waals surface area contributed by atoms with Gasteiger partial charge in [-0.05, 0) is 38.1 Å². The van der Waals surface area contributed by atoms with Gasteiger partial charge in [0.15, 0.2) is 0 Å². The van der Waals surface area contributed by atoms with E-state index in [2.05, 4.69) is 4.90 Å². The van der Waals surface area contributed by atoms with E-state index in [1.54, 1.807) is 18.2 Å². The monoisotopic (exact) mass is 318 g/mol. The maximum atomic E-state index is 10.00. The van der Waals surface area contributed by atoms with Crippen LogP contribution in [0.4, 0.5) is 0 Å². The molecular formula is C14H20Cl2N2O2. The SMILES string of the molecule is NC1CCN(C[C@@H](O)COc2ccc(Cl)c(Cl)c2)CC1. The standard InChI is InChI=1S/C14H20Cl2N2O2/c15-13-2-1-12(7-14(13)16)20-9-11(19)8-18-5-3-10(17)4-6-18/h1-2,7,10-11,19H,3-6,8-9,17H2/t11-/m1/s1. The van der Waals surface area contributed by atoms with Gasteiger partial charge in [0.25, 0.3) is 0 Å². The number of β-amino-alcohol motifs (C(OH)–C–C–N with tert-alkyl or cyclic N) is 1. The Hall–Kier alpha value is -0.520. The topological polar surface area (TPSA) is 58.7 Å². The quantitative estimate of drug-likeness (QED) is 0.873. The molecule has 3 N–H and O–H groups in total. The molecule has 1 fully saturated rings. The van der Waals surface area contributed by atoms with E-state index >= 15 is 0 Å². The van der Waals surface area contributed by atoms with Crippen LogP contribution in [-0.4, -0.2) is 48.4 Å². The average Bonchev–Trinajstić information content (AvgIpc) is 2.43. The minimum Gasteiger partial charge on any atom is -0.491 e. The molecule has 0 aliphatic carbocycles. The Morgan fingerprint density at radius 2 is 2.00 bits per heavy atom. The molecule has 0 unspecified atom stereocenters. The van der Waals surface area contributed by atoms with Crippen molar-refractivity contribution in [3.8, 4) is 5.75 Å². The van der Waals surface area contributed by atoms with Crippen LogP contribution in [0.5, 0.6) is 5.75 Å². The highest BCUT2D eigenvalue weighted by Crippen LogP contribution is 2.26. The summed E-state index contributed by atoms with van der Waals surface area (Å²) in [6, 6.07) is 5.37. The number of nitrogens with zero attached hydrogens (tertiary/aromatic N) is 1. The third kappa shape index (κ3) is 4.79. The first-order chi connectivity index (χ1) is 9.54. The van der Waals surface area contributed by atoms with Crippen molar-refractivity contribution >= 4 is 23.2 Å². The number of aliphatic hydroxyl groups excluding tert-OH is 1. The van der Waals surface area contributed by atoms with E-state index in [0.29, 0.717) is 28.4 Å². The van der Waals surface area contributed by atoms with E-state index in [1.807, 2.05) is 0 Å². The summed E-state index contributed by atoms with van der Waals surface area (Å²) < 4.78 is 5.52. The van der Waals surface area contributed by atoms with Gasteiger partial charge in [-0.3, -0.25) is 0 Å². The van der Waals surface area contributed by atoms with E-state index in [9.17, 15) is 5.11 Å².